The van der Waals surface area contributed by atoms with Crippen molar-refractivity contribution in [1.82, 2.24) is 5.32 Å². The van der Waals surface area contributed by atoms with Gasteiger partial charge in [0.25, 0.3) is 17.5 Å². The summed E-state index contributed by atoms with van der Waals surface area (Å²) in [5.74, 6) is 0.889. The van der Waals surface area contributed by atoms with Crippen molar-refractivity contribution in [3.8, 4) is 18.1 Å². The summed E-state index contributed by atoms with van der Waals surface area (Å²) in [6.45, 7) is -0.0225. The van der Waals surface area contributed by atoms with Crippen LogP contribution in [0.3, 0.4) is 0 Å². The number of barbiturate groups is 1. The molecule has 9 nitrogen and oxygen atoms in total. The minimum atomic E-state index is -0.964. The number of halogens is 1. The predicted molar refractivity (Wildman–Crippen MR) is 111 cm³/mol. The Bertz CT molecular complexity index is 1130. The Morgan fingerprint density at radius 1 is 1.20 bits per heavy atom. The average molecular weight is 470 g/mol. The minimum absolute atomic E-state index is 0.0225. The maximum atomic E-state index is 12.9. The van der Waals surface area contributed by atoms with Crippen LogP contribution in [0.15, 0.2) is 52.5 Å². The van der Waals surface area contributed by atoms with Crippen LogP contribution in [0.1, 0.15) is 5.56 Å². The van der Waals surface area contributed by atoms with Crippen molar-refractivity contribution in [3.63, 3.8) is 0 Å². The molecule has 150 valence electrons. The van der Waals surface area contributed by atoms with E-state index >= 15 is 0 Å². The second kappa shape index (κ2) is 8.59. The molecule has 30 heavy (non-hydrogen) atoms. The van der Waals surface area contributed by atoms with Crippen LogP contribution in [0, 0.1) is 22.5 Å². The van der Waals surface area contributed by atoms with Crippen molar-refractivity contribution in [2.24, 2.45) is 0 Å². The molecule has 1 aliphatic heterocycles. The van der Waals surface area contributed by atoms with Gasteiger partial charge in [0, 0.05) is 22.2 Å². The standard InChI is InChI=1S/C20H12BrN3O6/c1-2-9-30-17-8-3-13(21)10-12(17)11-16-18(25)22-20(27)23(19(16)26)14-4-6-15(7-5-14)24(28)29/h1,3-8,10-11H,9H2,(H,22,25,27)/b16-11+. The summed E-state index contributed by atoms with van der Waals surface area (Å²) in [5.41, 5.74) is -0.0767. The van der Waals surface area contributed by atoms with Crippen LogP contribution < -0.4 is 15.0 Å². The summed E-state index contributed by atoms with van der Waals surface area (Å²) < 4.78 is 6.09. The number of rotatable bonds is 5. The molecule has 0 atom stereocenters. The number of carbonyl (C=O) groups excluding carboxylic acids is 3. The number of amides is 4. The topological polar surface area (TPSA) is 119 Å². The summed E-state index contributed by atoms with van der Waals surface area (Å²) >= 11 is 3.31. The van der Waals surface area contributed by atoms with Gasteiger partial charge in [0.05, 0.1) is 10.6 Å². The zero-order valence-corrected chi connectivity index (χ0v) is 16.7. The Morgan fingerprint density at radius 3 is 2.53 bits per heavy atom. The fourth-order valence-corrected chi connectivity index (χ4v) is 3.03. The molecular formula is C20H12BrN3O6. The second-order valence-electron chi connectivity index (χ2n) is 5.91. The van der Waals surface area contributed by atoms with Gasteiger partial charge in [-0.15, -0.1) is 6.42 Å². The van der Waals surface area contributed by atoms with E-state index in [4.69, 9.17) is 11.2 Å². The van der Waals surface area contributed by atoms with Crippen LogP contribution >= 0.6 is 15.9 Å². The third-order valence-corrected chi connectivity index (χ3v) is 4.50. The Labute approximate surface area is 178 Å². The molecule has 0 saturated carbocycles. The van der Waals surface area contributed by atoms with Crippen LogP contribution in [-0.4, -0.2) is 29.4 Å². The summed E-state index contributed by atoms with van der Waals surface area (Å²) in [5, 5.41) is 12.9. The number of ether oxygens (including phenoxy) is 1. The molecule has 0 radical (unpaired) electrons. The van der Waals surface area contributed by atoms with Crippen molar-refractivity contribution < 1.29 is 24.0 Å². The number of nitrogens with zero attached hydrogens (tertiary/aromatic N) is 2. The molecule has 10 heteroatoms. The molecule has 2 aromatic carbocycles. The lowest BCUT2D eigenvalue weighted by Crippen LogP contribution is -2.54. The van der Waals surface area contributed by atoms with E-state index in [9.17, 15) is 24.5 Å². The van der Waals surface area contributed by atoms with Crippen molar-refractivity contribution in [2.75, 3.05) is 11.5 Å². The van der Waals surface area contributed by atoms with E-state index in [0.29, 0.717) is 15.8 Å². The smallest absolute Gasteiger partial charge is 0.335 e. The third kappa shape index (κ3) is 4.21. The molecule has 1 N–H and O–H groups in total. The van der Waals surface area contributed by atoms with Crippen LogP contribution in [0.2, 0.25) is 0 Å². The number of urea groups is 1. The van der Waals surface area contributed by atoms with Crippen molar-refractivity contribution in [3.05, 3.63) is 68.2 Å². The van der Waals surface area contributed by atoms with E-state index in [-0.39, 0.29) is 23.6 Å². The molecule has 0 unspecified atom stereocenters. The van der Waals surface area contributed by atoms with E-state index in [1.807, 2.05) is 0 Å². The first-order chi connectivity index (χ1) is 14.3. The molecular weight excluding hydrogens is 458 g/mol. The SMILES string of the molecule is C#CCOc1ccc(Br)cc1/C=C1\C(=O)NC(=O)N(c2ccc([N+](=O)[O-])cc2)C1=O. The zero-order chi connectivity index (χ0) is 21.8. The lowest BCUT2D eigenvalue weighted by Gasteiger charge is -2.26. The maximum absolute atomic E-state index is 12.9. The number of carbonyl (C=O) groups is 3. The van der Waals surface area contributed by atoms with E-state index < -0.39 is 22.8 Å². The Balaban J connectivity index is 2.02. The van der Waals surface area contributed by atoms with Gasteiger partial charge in [-0.1, -0.05) is 21.9 Å². The number of hydrogen-bond donors (Lipinski definition) is 1. The predicted octanol–water partition coefficient (Wildman–Crippen LogP) is 3.04. The Kier molecular flexibility index (Phi) is 5.94. The monoisotopic (exact) mass is 469 g/mol. The summed E-state index contributed by atoms with van der Waals surface area (Å²) in [6, 6.07) is 8.74. The van der Waals surface area contributed by atoms with E-state index in [1.165, 1.54) is 18.2 Å². The number of anilines is 1. The van der Waals surface area contributed by atoms with Gasteiger partial charge in [0.15, 0.2) is 0 Å². The van der Waals surface area contributed by atoms with Gasteiger partial charge in [-0.2, -0.15) is 0 Å². The molecule has 2 aromatic rings. The molecule has 1 saturated heterocycles. The maximum Gasteiger partial charge on any atom is 0.335 e. The van der Waals surface area contributed by atoms with Crippen molar-refractivity contribution in [2.45, 2.75) is 0 Å². The first kappa shape index (κ1) is 20.8. The number of benzene rings is 2. The van der Waals surface area contributed by atoms with Gasteiger partial charge in [-0.3, -0.25) is 25.0 Å². The fourth-order valence-electron chi connectivity index (χ4n) is 2.65. The molecule has 0 bridgehead atoms. The number of hydrogen-bond acceptors (Lipinski definition) is 6. The van der Waals surface area contributed by atoms with Crippen LogP contribution in [0.5, 0.6) is 5.75 Å². The number of nitro groups is 1. The van der Waals surface area contributed by atoms with Gasteiger partial charge in [0.1, 0.15) is 17.9 Å². The van der Waals surface area contributed by atoms with Crippen molar-refractivity contribution in [1.29, 1.82) is 0 Å². The highest BCUT2D eigenvalue weighted by Gasteiger charge is 2.37. The van der Waals surface area contributed by atoms with Gasteiger partial charge in [-0.05, 0) is 36.4 Å². The first-order valence-electron chi connectivity index (χ1n) is 8.33. The lowest BCUT2D eigenvalue weighted by atomic mass is 10.1. The highest BCUT2D eigenvalue weighted by molar-refractivity contribution is 9.10. The lowest BCUT2D eigenvalue weighted by molar-refractivity contribution is -0.384. The number of nitro benzene ring substituents is 1. The normalized spacial score (nSPS) is 15.0. The van der Waals surface area contributed by atoms with Gasteiger partial charge >= 0.3 is 6.03 Å². The highest BCUT2D eigenvalue weighted by atomic mass is 79.9. The molecule has 1 fully saturated rings. The summed E-state index contributed by atoms with van der Waals surface area (Å²) in [6.07, 6.45) is 6.48. The van der Waals surface area contributed by atoms with E-state index in [2.05, 4.69) is 27.2 Å². The Hall–Kier alpha value is -3.97. The molecule has 3 rings (SSSR count). The summed E-state index contributed by atoms with van der Waals surface area (Å²) in [4.78, 5) is 48.4. The average Bonchev–Trinajstić information content (AvgIpc) is 2.70. The van der Waals surface area contributed by atoms with Crippen LogP contribution in [-0.2, 0) is 9.59 Å². The molecule has 0 spiro atoms. The molecule has 0 aliphatic carbocycles. The fraction of sp³-hybridized carbons (Fsp3) is 0.0500. The van der Waals surface area contributed by atoms with Gasteiger partial charge in [-0.25, -0.2) is 9.69 Å². The van der Waals surface area contributed by atoms with Crippen LogP contribution in [0.4, 0.5) is 16.2 Å². The summed E-state index contributed by atoms with van der Waals surface area (Å²) in [7, 11) is 0. The second-order valence-corrected chi connectivity index (χ2v) is 6.82. The molecule has 1 heterocycles. The minimum Gasteiger partial charge on any atom is -0.480 e. The van der Waals surface area contributed by atoms with Gasteiger partial charge in [0.2, 0.25) is 0 Å². The van der Waals surface area contributed by atoms with Gasteiger partial charge < -0.3 is 4.74 Å². The zero-order valence-electron chi connectivity index (χ0n) is 15.1. The van der Waals surface area contributed by atoms with E-state index in [0.717, 1.165) is 17.0 Å². The number of non-ortho nitro benzene ring substituents is 1. The first-order valence-corrected chi connectivity index (χ1v) is 9.13. The molecule has 4 amide bonds. The van der Waals surface area contributed by atoms with E-state index in [1.54, 1.807) is 18.2 Å². The quantitative estimate of drug-likeness (QED) is 0.236. The molecule has 0 aromatic heterocycles. The molecule has 1 aliphatic rings. The highest BCUT2D eigenvalue weighted by Crippen LogP contribution is 2.28. The third-order valence-electron chi connectivity index (χ3n) is 4.00. The number of nitrogens with one attached hydrogen (secondary N) is 1. The van der Waals surface area contributed by atoms with Crippen LogP contribution in [0.25, 0.3) is 6.08 Å². The van der Waals surface area contributed by atoms with Crippen molar-refractivity contribution >= 4 is 51.2 Å². The number of terminal acetylenes is 1. The largest absolute Gasteiger partial charge is 0.480 e. The number of imide groups is 2. The Morgan fingerprint density at radius 2 is 1.90 bits per heavy atom.